The second-order valence-corrected chi connectivity index (χ2v) is 6.54. The summed E-state index contributed by atoms with van der Waals surface area (Å²) in [5, 5.41) is 2.97. The molecule has 2 aromatic rings. The number of halogens is 2. The lowest BCUT2D eigenvalue weighted by Crippen LogP contribution is -2.31. The molecule has 0 bridgehead atoms. The molecule has 24 heavy (non-hydrogen) atoms. The first-order valence-electron chi connectivity index (χ1n) is 7.51. The van der Waals surface area contributed by atoms with E-state index in [1.165, 1.54) is 17.8 Å². The number of carbonyl (C=O) groups is 1. The van der Waals surface area contributed by atoms with Crippen LogP contribution in [0.1, 0.15) is 36.8 Å². The standard InChI is InChI=1S/C16H15F2N3O2S/c1-2-5-24-16-20-14-13(15(23)21-16)10(7-12(22)19-14)9-4-3-8(17)6-11(9)18/h3-4,6,10H,2,5,7H2,1H3,(H2,19,20,21,22,23). The SMILES string of the molecule is CCCSc1nc2c(c(=O)[nH]1)C(c1ccc(F)cc1F)CC(=O)N2. The number of aromatic nitrogens is 2. The first-order valence-corrected chi connectivity index (χ1v) is 8.50. The molecule has 1 unspecified atom stereocenters. The minimum absolute atomic E-state index is 0.0955. The number of nitrogens with zero attached hydrogens (tertiary/aromatic N) is 1. The lowest BCUT2D eigenvalue weighted by Gasteiger charge is -2.24. The van der Waals surface area contributed by atoms with Gasteiger partial charge in [-0.2, -0.15) is 0 Å². The first kappa shape index (κ1) is 16.6. The summed E-state index contributed by atoms with van der Waals surface area (Å²) in [4.78, 5) is 31.3. The zero-order chi connectivity index (χ0) is 17.3. The Labute approximate surface area is 140 Å². The van der Waals surface area contributed by atoms with E-state index in [0.717, 1.165) is 24.3 Å². The van der Waals surface area contributed by atoms with Gasteiger partial charge in [-0.05, 0) is 18.1 Å². The molecule has 0 fully saturated rings. The van der Waals surface area contributed by atoms with Crippen molar-refractivity contribution in [3.8, 4) is 0 Å². The van der Waals surface area contributed by atoms with Gasteiger partial charge in [-0.15, -0.1) is 0 Å². The number of nitrogens with one attached hydrogen (secondary N) is 2. The molecule has 5 nitrogen and oxygen atoms in total. The molecule has 2 heterocycles. The van der Waals surface area contributed by atoms with E-state index in [2.05, 4.69) is 15.3 Å². The largest absolute Gasteiger partial charge is 0.310 e. The number of fused-ring (bicyclic) bond motifs is 1. The third-order valence-electron chi connectivity index (χ3n) is 3.71. The van der Waals surface area contributed by atoms with Crippen molar-refractivity contribution in [2.45, 2.75) is 30.8 Å². The van der Waals surface area contributed by atoms with Crippen LogP contribution in [0.15, 0.2) is 28.2 Å². The number of benzene rings is 1. The fraction of sp³-hybridized carbons (Fsp3) is 0.312. The molecule has 0 radical (unpaired) electrons. The molecule has 0 saturated heterocycles. The maximum atomic E-state index is 14.1. The van der Waals surface area contributed by atoms with Crippen LogP contribution in [0.3, 0.4) is 0 Å². The Morgan fingerprint density at radius 1 is 1.33 bits per heavy atom. The van der Waals surface area contributed by atoms with Gasteiger partial charge in [0.2, 0.25) is 5.91 Å². The maximum Gasteiger partial charge on any atom is 0.257 e. The number of H-pyrrole nitrogens is 1. The molecule has 1 aliphatic heterocycles. The first-order chi connectivity index (χ1) is 11.5. The lowest BCUT2D eigenvalue weighted by atomic mass is 9.86. The van der Waals surface area contributed by atoms with Gasteiger partial charge in [0.25, 0.3) is 5.56 Å². The van der Waals surface area contributed by atoms with Crippen LogP contribution in [0.5, 0.6) is 0 Å². The molecule has 1 aromatic carbocycles. The van der Waals surface area contributed by atoms with E-state index in [1.807, 2.05) is 6.92 Å². The number of aromatic amines is 1. The second-order valence-electron chi connectivity index (χ2n) is 5.45. The molecule has 0 aliphatic carbocycles. The summed E-state index contributed by atoms with van der Waals surface area (Å²) in [5.74, 6) is -1.75. The van der Waals surface area contributed by atoms with Crippen molar-refractivity contribution >= 4 is 23.5 Å². The van der Waals surface area contributed by atoms with E-state index < -0.39 is 23.1 Å². The molecule has 1 aromatic heterocycles. The quantitative estimate of drug-likeness (QED) is 0.656. The van der Waals surface area contributed by atoms with Gasteiger partial charge < -0.3 is 10.3 Å². The van der Waals surface area contributed by atoms with Crippen molar-refractivity contribution in [3.05, 3.63) is 51.3 Å². The van der Waals surface area contributed by atoms with Gasteiger partial charge in [0.05, 0.1) is 5.56 Å². The van der Waals surface area contributed by atoms with Crippen molar-refractivity contribution < 1.29 is 13.6 Å². The average Bonchev–Trinajstić information content (AvgIpc) is 2.51. The zero-order valence-electron chi connectivity index (χ0n) is 12.9. The summed E-state index contributed by atoms with van der Waals surface area (Å²) >= 11 is 1.37. The zero-order valence-corrected chi connectivity index (χ0v) is 13.7. The summed E-state index contributed by atoms with van der Waals surface area (Å²) in [5.41, 5.74) is -0.123. The Balaban J connectivity index is 2.09. The summed E-state index contributed by atoms with van der Waals surface area (Å²) < 4.78 is 27.3. The number of thioether (sulfide) groups is 1. The van der Waals surface area contributed by atoms with Gasteiger partial charge in [-0.3, -0.25) is 9.59 Å². The highest BCUT2D eigenvalue weighted by molar-refractivity contribution is 7.99. The van der Waals surface area contributed by atoms with Crippen molar-refractivity contribution in [1.29, 1.82) is 0 Å². The molecule has 126 valence electrons. The molecule has 0 spiro atoms. The highest BCUT2D eigenvalue weighted by atomic mass is 32.2. The van der Waals surface area contributed by atoms with E-state index in [9.17, 15) is 18.4 Å². The topological polar surface area (TPSA) is 74.8 Å². The van der Waals surface area contributed by atoms with E-state index in [-0.39, 0.29) is 29.3 Å². The number of hydrogen-bond donors (Lipinski definition) is 2. The van der Waals surface area contributed by atoms with Crippen LogP contribution in [-0.4, -0.2) is 21.6 Å². The highest BCUT2D eigenvalue weighted by Crippen LogP contribution is 2.35. The molecule has 1 atom stereocenters. The second kappa shape index (κ2) is 6.72. The smallest absolute Gasteiger partial charge is 0.257 e. The average molecular weight is 351 g/mol. The number of anilines is 1. The summed E-state index contributed by atoms with van der Waals surface area (Å²) in [6, 6.07) is 3.11. The summed E-state index contributed by atoms with van der Waals surface area (Å²) in [6.07, 6.45) is 0.809. The Bertz CT molecular complexity index is 854. The molecule has 1 aliphatic rings. The predicted molar refractivity (Wildman–Crippen MR) is 87.3 cm³/mol. The fourth-order valence-electron chi connectivity index (χ4n) is 2.67. The molecule has 3 rings (SSSR count). The summed E-state index contributed by atoms with van der Waals surface area (Å²) in [7, 11) is 0. The lowest BCUT2D eigenvalue weighted by molar-refractivity contribution is -0.116. The van der Waals surface area contributed by atoms with E-state index in [1.54, 1.807) is 0 Å². The molecule has 1 amide bonds. The fourth-order valence-corrected chi connectivity index (χ4v) is 3.39. The van der Waals surface area contributed by atoms with Crippen LogP contribution in [0.4, 0.5) is 14.6 Å². The molecular formula is C16H15F2N3O2S. The van der Waals surface area contributed by atoms with Crippen molar-refractivity contribution in [3.63, 3.8) is 0 Å². The summed E-state index contributed by atoms with van der Waals surface area (Å²) in [6.45, 7) is 2.00. The van der Waals surface area contributed by atoms with Crippen molar-refractivity contribution in [1.82, 2.24) is 9.97 Å². The predicted octanol–water partition coefficient (Wildman–Crippen LogP) is 3.02. The minimum atomic E-state index is -0.796. The van der Waals surface area contributed by atoms with Gasteiger partial charge in [-0.25, -0.2) is 13.8 Å². The molecule has 0 saturated carbocycles. The van der Waals surface area contributed by atoms with Crippen molar-refractivity contribution in [2.75, 3.05) is 11.1 Å². The van der Waals surface area contributed by atoms with Gasteiger partial charge in [0.15, 0.2) is 5.16 Å². The van der Waals surface area contributed by atoms with Crippen LogP contribution in [0.25, 0.3) is 0 Å². The Kier molecular flexibility index (Phi) is 4.66. The number of rotatable bonds is 4. The van der Waals surface area contributed by atoms with E-state index in [4.69, 9.17) is 0 Å². The third-order valence-corrected chi connectivity index (χ3v) is 4.79. The third kappa shape index (κ3) is 3.19. The van der Waals surface area contributed by atoms with Crippen LogP contribution >= 0.6 is 11.8 Å². The van der Waals surface area contributed by atoms with Crippen LogP contribution in [0, 0.1) is 11.6 Å². The Morgan fingerprint density at radius 3 is 2.83 bits per heavy atom. The van der Waals surface area contributed by atoms with Crippen LogP contribution in [0.2, 0.25) is 0 Å². The van der Waals surface area contributed by atoms with Crippen molar-refractivity contribution in [2.24, 2.45) is 0 Å². The molecule has 2 N–H and O–H groups in total. The molecular weight excluding hydrogens is 336 g/mol. The van der Waals surface area contributed by atoms with E-state index in [0.29, 0.717) is 5.16 Å². The minimum Gasteiger partial charge on any atom is -0.310 e. The van der Waals surface area contributed by atoms with Gasteiger partial charge in [-0.1, -0.05) is 24.8 Å². The number of hydrogen-bond acceptors (Lipinski definition) is 4. The Hall–Kier alpha value is -2.22. The monoisotopic (exact) mass is 351 g/mol. The number of carbonyl (C=O) groups excluding carboxylic acids is 1. The Morgan fingerprint density at radius 2 is 2.12 bits per heavy atom. The normalized spacial score (nSPS) is 16.6. The van der Waals surface area contributed by atoms with E-state index >= 15 is 0 Å². The molecule has 8 heteroatoms. The van der Waals surface area contributed by atoms with Gasteiger partial charge in [0, 0.05) is 24.2 Å². The maximum absolute atomic E-state index is 14.1. The van der Waals surface area contributed by atoms with Gasteiger partial charge in [0.1, 0.15) is 17.5 Å². The number of amides is 1. The van der Waals surface area contributed by atoms with Gasteiger partial charge >= 0.3 is 0 Å². The highest BCUT2D eigenvalue weighted by Gasteiger charge is 2.32. The van der Waals surface area contributed by atoms with Crippen LogP contribution < -0.4 is 10.9 Å². The van der Waals surface area contributed by atoms with Crippen LogP contribution in [-0.2, 0) is 4.79 Å².